The van der Waals surface area contributed by atoms with Crippen LogP contribution in [0.15, 0.2) is 261 Å². The van der Waals surface area contributed by atoms with Crippen LogP contribution in [0.25, 0.3) is 38.6 Å². The number of hydrogen-bond donors (Lipinski definition) is 0. The number of aromatic nitrogens is 1. The summed E-state index contributed by atoms with van der Waals surface area (Å²) in [5.41, 5.74) is 9.12. The number of para-hydroxylation sites is 1. The van der Waals surface area contributed by atoms with Gasteiger partial charge in [0.15, 0.2) is 16.1 Å². The smallest absolute Gasteiger partial charge is 0.179 e. The molecular weight excluding hydrogens is 803 g/mol. The second kappa shape index (κ2) is 15.7. The number of fused-ring (bicyclic) bond motifs is 6. The van der Waals surface area contributed by atoms with Crippen molar-refractivity contribution in [1.82, 2.24) is 4.57 Å². The molecule has 0 radical (unpaired) electrons. The van der Waals surface area contributed by atoms with E-state index in [2.05, 4.69) is 265 Å². The van der Waals surface area contributed by atoms with Crippen LogP contribution in [0.5, 0.6) is 0 Å². The largest absolute Gasteiger partial charge is 0.309 e. The monoisotopic (exact) mass is 847 g/mol. The Labute approximate surface area is 377 Å². The first kappa shape index (κ1) is 38.1. The third-order valence-electron chi connectivity index (χ3n) is 13.9. The first-order chi connectivity index (χ1) is 31.7. The molecule has 0 atom stereocenters. The maximum Gasteiger partial charge on any atom is 0.179 e. The topological polar surface area (TPSA) is 4.93 Å². The Bertz CT molecular complexity index is 3230. The molecule has 0 N–H and O–H groups in total. The van der Waals surface area contributed by atoms with Crippen molar-refractivity contribution in [3.05, 3.63) is 272 Å². The van der Waals surface area contributed by atoms with Gasteiger partial charge < -0.3 is 4.57 Å². The predicted molar refractivity (Wildman–Crippen MR) is 276 cm³/mol. The average molecular weight is 848 g/mol. The number of nitrogens with zero attached hydrogens (tertiary/aromatic N) is 1. The molecular formula is C61H45NSi2. The summed E-state index contributed by atoms with van der Waals surface area (Å²) in [5.74, 6) is 0. The average Bonchev–Trinajstić information content (AvgIpc) is 3.90. The fourth-order valence-electron chi connectivity index (χ4n) is 11.1. The Morgan fingerprint density at radius 3 is 1.06 bits per heavy atom. The van der Waals surface area contributed by atoms with E-state index in [1.165, 1.54) is 91.2 Å². The minimum absolute atomic E-state index is 0.908. The summed E-state index contributed by atoms with van der Waals surface area (Å²) in [6.45, 7) is 0. The lowest BCUT2D eigenvalue weighted by atomic mass is 10.0. The predicted octanol–water partition coefficient (Wildman–Crippen LogP) is 9.11. The zero-order valence-electron chi connectivity index (χ0n) is 35.5. The molecule has 1 heterocycles. The standard InChI is InChI=1S/C61H45NSi2/c1-8-22-47(23-9-1)62-60-39-38-55(64(51-30-16-5-17-31-51,52-32-18-6-19-33-52)53-34-20-7-21-35-53)43-58(60)59-44-57-46(41-61(59)62)40-45-36-37-54(42-56(45)57)63(48-24-10-2-11-25-48,49-26-12-3-13-27-49)50-28-14-4-15-29-50/h1-39,41-44H,40H2. The minimum Gasteiger partial charge on any atom is -0.309 e. The van der Waals surface area contributed by atoms with Gasteiger partial charge in [-0.2, -0.15) is 0 Å². The minimum atomic E-state index is -2.78. The fourth-order valence-corrected chi connectivity index (χ4v) is 20.7. The van der Waals surface area contributed by atoms with Crippen LogP contribution in [-0.2, 0) is 6.42 Å². The van der Waals surface area contributed by atoms with Gasteiger partial charge in [-0.1, -0.05) is 231 Å². The van der Waals surface area contributed by atoms with Crippen molar-refractivity contribution in [1.29, 1.82) is 0 Å². The van der Waals surface area contributed by atoms with Gasteiger partial charge in [0.05, 0.1) is 11.0 Å². The van der Waals surface area contributed by atoms with Crippen molar-refractivity contribution in [2.45, 2.75) is 6.42 Å². The molecule has 1 nitrogen and oxygen atoms in total. The maximum absolute atomic E-state index is 2.78. The first-order valence-corrected chi connectivity index (χ1v) is 26.4. The number of rotatable bonds is 9. The molecule has 0 saturated heterocycles. The van der Waals surface area contributed by atoms with Crippen LogP contribution in [0, 0.1) is 0 Å². The summed E-state index contributed by atoms with van der Waals surface area (Å²) >= 11 is 0. The van der Waals surface area contributed by atoms with E-state index in [4.69, 9.17) is 0 Å². The highest BCUT2D eigenvalue weighted by molar-refractivity contribution is 7.20. The van der Waals surface area contributed by atoms with Crippen LogP contribution in [-0.4, -0.2) is 20.7 Å². The maximum atomic E-state index is 2.58. The molecule has 1 aliphatic rings. The van der Waals surface area contributed by atoms with Gasteiger partial charge in [0.1, 0.15) is 0 Å². The quantitative estimate of drug-likeness (QED) is 0.101. The van der Waals surface area contributed by atoms with Gasteiger partial charge in [0, 0.05) is 16.5 Å². The molecule has 0 bridgehead atoms. The van der Waals surface area contributed by atoms with Crippen LogP contribution in [0.3, 0.4) is 0 Å². The number of benzene rings is 10. The third kappa shape index (κ3) is 5.89. The van der Waals surface area contributed by atoms with Crippen molar-refractivity contribution < 1.29 is 0 Å². The van der Waals surface area contributed by atoms with E-state index in [9.17, 15) is 0 Å². The van der Waals surface area contributed by atoms with Crippen molar-refractivity contribution in [2.75, 3.05) is 0 Å². The zero-order valence-corrected chi connectivity index (χ0v) is 37.5. The Hall–Kier alpha value is -7.57. The molecule has 12 rings (SSSR count). The molecule has 0 aliphatic heterocycles. The van der Waals surface area contributed by atoms with Crippen LogP contribution in [0.2, 0.25) is 0 Å². The van der Waals surface area contributed by atoms with E-state index in [0.717, 1.165) is 6.42 Å². The molecule has 0 spiro atoms. The fraction of sp³-hybridized carbons (Fsp3) is 0.0164. The molecule has 10 aromatic carbocycles. The van der Waals surface area contributed by atoms with Crippen molar-refractivity contribution in [3.63, 3.8) is 0 Å². The van der Waals surface area contributed by atoms with Gasteiger partial charge in [-0.25, -0.2) is 0 Å². The lowest BCUT2D eigenvalue weighted by Gasteiger charge is -2.34. The summed E-state index contributed by atoms with van der Waals surface area (Å²) in [7, 11) is -5.51. The molecule has 1 aliphatic carbocycles. The molecule has 0 fully saturated rings. The van der Waals surface area contributed by atoms with Crippen molar-refractivity contribution in [2.24, 2.45) is 0 Å². The number of hydrogen-bond acceptors (Lipinski definition) is 0. The summed E-state index contributed by atoms with van der Waals surface area (Å²) in [6.07, 6.45) is 0.908. The van der Waals surface area contributed by atoms with Crippen molar-refractivity contribution in [3.8, 4) is 16.8 Å². The van der Waals surface area contributed by atoms with Gasteiger partial charge in [0.2, 0.25) is 0 Å². The highest BCUT2D eigenvalue weighted by atomic mass is 28.3. The summed E-state index contributed by atoms with van der Waals surface area (Å²) in [4.78, 5) is 0. The van der Waals surface area contributed by atoms with E-state index in [1.807, 2.05) is 0 Å². The highest BCUT2D eigenvalue weighted by Crippen LogP contribution is 2.42. The van der Waals surface area contributed by atoms with E-state index in [0.29, 0.717) is 0 Å². The lowest BCUT2D eigenvalue weighted by molar-refractivity contribution is 1.17. The van der Waals surface area contributed by atoms with Gasteiger partial charge in [-0.05, 0) is 101 Å². The Morgan fingerprint density at radius 2 is 0.625 bits per heavy atom. The van der Waals surface area contributed by atoms with Crippen molar-refractivity contribution >= 4 is 79.4 Å². The zero-order chi connectivity index (χ0) is 42.5. The van der Waals surface area contributed by atoms with Gasteiger partial charge >= 0.3 is 0 Å². The summed E-state index contributed by atoms with van der Waals surface area (Å²) < 4.78 is 2.50. The Kier molecular flexibility index (Phi) is 9.33. The van der Waals surface area contributed by atoms with Crippen LogP contribution in [0.4, 0.5) is 0 Å². The molecule has 302 valence electrons. The summed E-state index contributed by atoms with van der Waals surface area (Å²) in [6, 6.07) is 98.5. The van der Waals surface area contributed by atoms with Crippen LogP contribution >= 0.6 is 0 Å². The van der Waals surface area contributed by atoms with Crippen LogP contribution in [0.1, 0.15) is 11.1 Å². The van der Waals surface area contributed by atoms with E-state index >= 15 is 0 Å². The molecule has 64 heavy (non-hydrogen) atoms. The molecule has 3 heteroatoms. The van der Waals surface area contributed by atoms with E-state index < -0.39 is 16.1 Å². The Balaban J connectivity index is 1.14. The SMILES string of the molecule is c1ccc(-n2c3ccc([Si](c4ccccc4)(c4ccccc4)c4ccccc4)cc3c3cc4c(cc32)Cc2ccc([Si](c3ccccc3)(c3ccccc3)c3ccccc3)cc2-4)cc1. The van der Waals surface area contributed by atoms with Crippen LogP contribution < -0.4 is 41.5 Å². The Morgan fingerprint density at radius 1 is 0.266 bits per heavy atom. The molecule has 0 saturated carbocycles. The molecule has 1 aromatic heterocycles. The molecule has 0 amide bonds. The van der Waals surface area contributed by atoms with Gasteiger partial charge in [0.25, 0.3) is 0 Å². The second-order valence-corrected chi connectivity index (χ2v) is 24.8. The molecule has 0 unspecified atom stereocenters. The normalized spacial score (nSPS) is 12.3. The second-order valence-electron chi connectivity index (χ2n) is 17.2. The highest BCUT2D eigenvalue weighted by Gasteiger charge is 2.43. The summed E-state index contributed by atoms with van der Waals surface area (Å²) in [5, 5.41) is 13.7. The third-order valence-corrected chi connectivity index (χ3v) is 23.4. The van der Waals surface area contributed by atoms with Gasteiger partial charge in [-0.3, -0.25) is 0 Å². The molecule has 11 aromatic rings. The van der Waals surface area contributed by atoms with E-state index in [1.54, 1.807) is 0 Å². The first-order valence-electron chi connectivity index (χ1n) is 22.4. The van der Waals surface area contributed by atoms with E-state index in [-0.39, 0.29) is 0 Å². The van der Waals surface area contributed by atoms with Gasteiger partial charge in [-0.15, -0.1) is 0 Å². The lowest BCUT2D eigenvalue weighted by Crippen LogP contribution is -2.74.